The molecule has 1 aromatic carbocycles. The van der Waals surface area contributed by atoms with E-state index in [-0.39, 0.29) is 5.91 Å². The Bertz CT molecular complexity index is 596. The van der Waals surface area contributed by atoms with E-state index in [9.17, 15) is 4.79 Å². The number of nitrogens with zero attached hydrogens (tertiary/aromatic N) is 1. The molecule has 0 unspecified atom stereocenters. The number of benzene rings is 1. The van der Waals surface area contributed by atoms with Crippen LogP contribution in [0.3, 0.4) is 0 Å². The molecule has 0 aliphatic carbocycles. The molecule has 1 aliphatic heterocycles. The molecule has 4 nitrogen and oxygen atoms in total. The smallest absolute Gasteiger partial charge is 0.227 e. The molecule has 0 radical (unpaired) electrons. The van der Waals surface area contributed by atoms with Gasteiger partial charge in [-0.25, -0.2) is 0 Å². The van der Waals surface area contributed by atoms with Gasteiger partial charge >= 0.3 is 0 Å². The average Bonchev–Trinajstić information content (AvgIpc) is 2.76. The largest absolute Gasteiger partial charge is 0.358 e. The van der Waals surface area contributed by atoms with Crippen molar-refractivity contribution in [1.82, 2.24) is 15.2 Å². The van der Waals surface area contributed by atoms with Gasteiger partial charge in [-0.05, 0) is 18.6 Å². The first-order valence-electron chi connectivity index (χ1n) is 6.80. The fourth-order valence-corrected chi connectivity index (χ4v) is 2.74. The Balaban J connectivity index is 1.84. The first-order valence-corrected chi connectivity index (χ1v) is 6.80. The van der Waals surface area contributed by atoms with Gasteiger partial charge in [0.25, 0.3) is 0 Å². The Morgan fingerprint density at radius 3 is 2.79 bits per heavy atom. The van der Waals surface area contributed by atoms with E-state index in [2.05, 4.69) is 22.4 Å². The summed E-state index contributed by atoms with van der Waals surface area (Å²) in [5.41, 5.74) is 3.35. The van der Waals surface area contributed by atoms with Gasteiger partial charge in [-0.15, -0.1) is 0 Å². The lowest BCUT2D eigenvalue weighted by Gasteiger charge is -2.27. The molecule has 1 aliphatic rings. The van der Waals surface area contributed by atoms with Crippen molar-refractivity contribution in [3.8, 4) is 0 Å². The summed E-state index contributed by atoms with van der Waals surface area (Å²) >= 11 is 0. The van der Waals surface area contributed by atoms with Crippen LogP contribution in [0.4, 0.5) is 0 Å². The third-order valence-electron chi connectivity index (χ3n) is 3.82. The lowest BCUT2D eigenvalue weighted by atomic mass is 10.1. The number of carbonyl (C=O) groups excluding carboxylic acids is 1. The van der Waals surface area contributed by atoms with Crippen LogP contribution in [0.2, 0.25) is 0 Å². The predicted molar refractivity (Wildman–Crippen MR) is 76.2 cm³/mol. The standard InChI is InChI=1S/C15H19N3O/c1-11-13(12-4-2-3-5-14(12)17-11)10-15(19)18-8-6-16-7-9-18/h2-5,16-17H,6-10H2,1H3. The van der Waals surface area contributed by atoms with Crippen molar-refractivity contribution in [3.05, 3.63) is 35.5 Å². The molecule has 2 heterocycles. The summed E-state index contributed by atoms with van der Waals surface area (Å²) in [4.78, 5) is 17.7. The van der Waals surface area contributed by atoms with Gasteiger partial charge in [0.05, 0.1) is 6.42 Å². The fraction of sp³-hybridized carbons (Fsp3) is 0.400. The molecule has 100 valence electrons. The number of aromatic amines is 1. The van der Waals surface area contributed by atoms with E-state index in [0.29, 0.717) is 6.42 Å². The van der Waals surface area contributed by atoms with Gasteiger partial charge in [0.1, 0.15) is 0 Å². The van der Waals surface area contributed by atoms with Crippen LogP contribution >= 0.6 is 0 Å². The molecule has 0 bridgehead atoms. The van der Waals surface area contributed by atoms with Crippen LogP contribution in [0, 0.1) is 6.92 Å². The summed E-state index contributed by atoms with van der Waals surface area (Å²) in [6.45, 7) is 5.48. The highest BCUT2D eigenvalue weighted by Gasteiger charge is 2.19. The number of nitrogens with one attached hydrogen (secondary N) is 2. The zero-order valence-corrected chi connectivity index (χ0v) is 11.2. The molecule has 0 saturated carbocycles. The Labute approximate surface area is 112 Å². The van der Waals surface area contributed by atoms with Crippen LogP contribution in [-0.4, -0.2) is 42.0 Å². The fourth-order valence-electron chi connectivity index (χ4n) is 2.74. The highest BCUT2D eigenvalue weighted by molar-refractivity contribution is 5.90. The first kappa shape index (κ1) is 12.2. The van der Waals surface area contributed by atoms with Gasteiger partial charge < -0.3 is 15.2 Å². The maximum Gasteiger partial charge on any atom is 0.227 e. The summed E-state index contributed by atoms with van der Waals surface area (Å²) in [5.74, 6) is 0.231. The van der Waals surface area contributed by atoms with E-state index in [1.54, 1.807) is 0 Å². The molecule has 4 heteroatoms. The third-order valence-corrected chi connectivity index (χ3v) is 3.82. The van der Waals surface area contributed by atoms with Crippen molar-refractivity contribution >= 4 is 16.8 Å². The molecule has 3 rings (SSSR count). The predicted octanol–water partition coefficient (Wildman–Crippen LogP) is 1.45. The number of H-pyrrole nitrogens is 1. The van der Waals surface area contributed by atoms with Crippen LogP contribution < -0.4 is 5.32 Å². The van der Waals surface area contributed by atoms with Crippen molar-refractivity contribution < 1.29 is 4.79 Å². The van der Waals surface area contributed by atoms with Crippen LogP contribution in [0.25, 0.3) is 10.9 Å². The maximum atomic E-state index is 12.3. The average molecular weight is 257 g/mol. The zero-order valence-electron chi connectivity index (χ0n) is 11.2. The van der Waals surface area contributed by atoms with E-state index < -0.39 is 0 Å². The number of aryl methyl sites for hydroxylation is 1. The summed E-state index contributed by atoms with van der Waals surface area (Å²) in [7, 11) is 0. The number of fused-ring (bicyclic) bond motifs is 1. The molecule has 0 atom stereocenters. The molecule has 0 spiro atoms. The summed E-state index contributed by atoms with van der Waals surface area (Å²) in [6.07, 6.45) is 0.496. The molecule has 2 aromatic rings. The third kappa shape index (κ3) is 2.36. The summed E-state index contributed by atoms with van der Waals surface area (Å²) < 4.78 is 0. The first-order chi connectivity index (χ1) is 9.25. The maximum absolute atomic E-state index is 12.3. The Morgan fingerprint density at radius 2 is 2.00 bits per heavy atom. The topological polar surface area (TPSA) is 48.1 Å². The highest BCUT2D eigenvalue weighted by atomic mass is 16.2. The molecular formula is C15H19N3O. The van der Waals surface area contributed by atoms with Crippen LogP contribution in [0.15, 0.2) is 24.3 Å². The van der Waals surface area contributed by atoms with Gasteiger partial charge in [-0.3, -0.25) is 4.79 Å². The Hall–Kier alpha value is -1.81. The summed E-state index contributed by atoms with van der Waals surface area (Å²) in [6, 6.07) is 8.18. The molecular weight excluding hydrogens is 238 g/mol. The van der Waals surface area contributed by atoms with E-state index in [0.717, 1.165) is 43.0 Å². The lowest BCUT2D eigenvalue weighted by Crippen LogP contribution is -2.46. The van der Waals surface area contributed by atoms with Crippen molar-refractivity contribution in [2.75, 3.05) is 26.2 Å². The SMILES string of the molecule is Cc1[nH]c2ccccc2c1CC(=O)N1CCNCC1. The van der Waals surface area contributed by atoms with E-state index in [4.69, 9.17) is 0 Å². The van der Waals surface area contributed by atoms with Gasteiger partial charge in [-0.1, -0.05) is 18.2 Å². The number of para-hydroxylation sites is 1. The van der Waals surface area contributed by atoms with Gasteiger partial charge in [0.2, 0.25) is 5.91 Å². The number of hydrogen-bond acceptors (Lipinski definition) is 2. The Kier molecular flexibility index (Phi) is 3.25. The molecule has 1 amide bonds. The molecule has 2 N–H and O–H groups in total. The Morgan fingerprint density at radius 1 is 1.26 bits per heavy atom. The second-order valence-corrected chi connectivity index (χ2v) is 5.08. The van der Waals surface area contributed by atoms with Crippen molar-refractivity contribution in [1.29, 1.82) is 0 Å². The molecule has 1 aromatic heterocycles. The quantitative estimate of drug-likeness (QED) is 0.855. The number of carbonyl (C=O) groups is 1. The zero-order chi connectivity index (χ0) is 13.2. The second-order valence-electron chi connectivity index (χ2n) is 5.08. The van der Waals surface area contributed by atoms with Crippen molar-refractivity contribution in [3.63, 3.8) is 0 Å². The minimum atomic E-state index is 0.231. The van der Waals surface area contributed by atoms with Crippen LogP contribution in [0.1, 0.15) is 11.3 Å². The molecule has 1 fully saturated rings. The number of aromatic nitrogens is 1. The van der Waals surface area contributed by atoms with Gasteiger partial charge in [0, 0.05) is 42.8 Å². The van der Waals surface area contributed by atoms with Gasteiger partial charge in [0.15, 0.2) is 0 Å². The molecule has 19 heavy (non-hydrogen) atoms. The lowest BCUT2D eigenvalue weighted by molar-refractivity contribution is -0.131. The van der Waals surface area contributed by atoms with Crippen molar-refractivity contribution in [2.24, 2.45) is 0 Å². The van der Waals surface area contributed by atoms with E-state index in [1.165, 1.54) is 5.39 Å². The van der Waals surface area contributed by atoms with E-state index in [1.807, 2.05) is 24.0 Å². The summed E-state index contributed by atoms with van der Waals surface area (Å²) in [5, 5.41) is 4.44. The monoisotopic (exact) mass is 257 g/mol. The highest BCUT2D eigenvalue weighted by Crippen LogP contribution is 2.22. The minimum Gasteiger partial charge on any atom is -0.358 e. The minimum absolute atomic E-state index is 0.231. The van der Waals surface area contributed by atoms with Crippen molar-refractivity contribution in [2.45, 2.75) is 13.3 Å². The van der Waals surface area contributed by atoms with Gasteiger partial charge in [-0.2, -0.15) is 0 Å². The van der Waals surface area contributed by atoms with Crippen LogP contribution in [-0.2, 0) is 11.2 Å². The van der Waals surface area contributed by atoms with Crippen LogP contribution in [0.5, 0.6) is 0 Å². The number of rotatable bonds is 2. The van der Waals surface area contributed by atoms with E-state index >= 15 is 0 Å². The number of hydrogen-bond donors (Lipinski definition) is 2. The number of piperazine rings is 1. The number of amides is 1. The second kappa shape index (κ2) is 5.05. The molecule has 1 saturated heterocycles. The normalized spacial score (nSPS) is 15.9.